The van der Waals surface area contributed by atoms with Crippen molar-refractivity contribution in [1.29, 1.82) is 0 Å². The largest absolute Gasteiger partial charge is 0.487 e. The summed E-state index contributed by atoms with van der Waals surface area (Å²) in [6.07, 6.45) is -4.55. The molecule has 0 fully saturated rings. The van der Waals surface area contributed by atoms with Gasteiger partial charge in [0.15, 0.2) is 0 Å². The van der Waals surface area contributed by atoms with E-state index in [2.05, 4.69) is 21.7 Å². The van der Waals surface area contributed by atoms with Gasteiger partial charge in [0.2, 0.25) is 0 Å². The van der Waals surface area contributed by atoms with Crippen molar-refractivity contribution in [2.24, 2.45) is 0 Å². The number of carbonyl (C=O) groups is 1. The first-order chi connectivity index (χ1) is 11.5. The number of rotatable bonds is 4. The van der Waals surface area contributed by atoms with Crippen LogP contribution in [0.25, 0.3) is 0 Å². The Labute approximate surface area is 142 Å². The first-order valence-electron chi connectivity index (χ1n) is 6.49. The summed E-state index contributed by atoms with van der Waals surface area (Å²) >= 11 is 4.54. The predicted molar refractivity (Wildman–Crippen MR) is 77.2 cm³/mol. The zero-order valence-corrected chi connectivity index (χ0v) is 12.8. The lowest BCUT2D eigenvalue weighted by Gasteiger charge is -2.12. The second-order valence-corrected chi connectivity index (χ2v) is 5.16. The van der Waals surface area contributed by atoms with Gasteiger partial charge in [0, 0.05) is 23.2 Å². The van der Waals surface area contributed by atoms with Gasteiger partial charge in [-0.3, -0.25) is 4.79 Å². The highest BCUT2D eigenvalue weighted by atomic mass is 35.5. The first-order valence-corrected chi connectivity index (χ1v) is 6.87. The highest BCUT2D eigenvalue weighted by molar-refractivity contribution is 6.20. The number of alkyl halides is 6. The van der Waals surface area contributed by atoms with Crippen LogP contribution in [0.15, 0.2) is 42.5 Å². The predicted octanol–water partition coefficient (Wildman–Crippen LogP) is 5.26. The van der Waals surface area contributed by atoms with Crippen LogP contribution < -0.4 is 10.1 Å². The van der Waals surface area contributed by atoms with Gasteiger partial charge in [0.05, 0.1) is 11.3 Å². The van der Waals surface area contributed by atoms with Crippen molar-refractivity contribution in [2.45, 2.75) is 11.7 Å². The van der Waals surface area contributed by atoms with E-state index in [0.29, 0.717) is 18.2 Å². The summed E-state index contributed by atoms with van der Waals surface area (Å²) in [5, 5.41) is 2.10. The molecule has 1 N–H and O–H groups in total. The van der Waals surface area contributed by atoms with Gasteiger partial charge < -0.3 is 10.1 Å². The third-order valence-electron chi connectivity index (χ3n) is 2.90. The van der Waals surface area contributed by atoms with Gasteiger partial charge in [0.1, 0.15) is 11.6 Å². The van der Waals surface area contributed by atoms with E-state index in [-0.39, 0.29) is 11.3 Å². The molecule has 10 heteroatoms. The van der Waals surface area contributed by atoms with E-state index < -0.39 is 34.8 Å². The van der Waals surface area contributed by atoms with E-state index in [4.69, 9.17) is 0 Å². The Morgan fingerprint density at radius 2 is 1.60 bits per heavy atom. The highest BCUT2D eigenvalue weighted by Gasteiger charge is 2.30. The number of amides is 1. The molecule has 25 heavy (non-hydrogen) atoms. The standard InChI is InChI=1S/C15H8ClF6NO2/c16-15(21,22)25-10-5-6-12(11(17)7-10)23-13(24)8-1-3-9(4-2-8)14(18,19)20/h1-7H,(H,23,24). The summed E-state index contributed by atoms with van der Waals surface area (Å²) in [5.41, 5.74) is -5.51. The topological polar surface area (TPSA) is 38.3 Å². The summed E-state index contributed by atoms with van der Waals surface area (Å²) in [4.78, 5) is 11.9. The third-order valence-corrected chi connectivity index (χ3v) is 2.97. The van der Waals surface area contributed by atoms with E-state index in [9.17, 15) is 31.1 Å². The molecule has 0 spiro atoms. The van der Waals surface area contributed by atoms with E-state index in [1.807, 2.05) is 0 Å². The van der Waals surface area contributed by atoms with Gasteiger partial charge in [-0.1, -0.05) is 0 Å². The molecule has 0 saturated carbocycles. The normalized spacial score (nSPS) is 12.0. The van der Waals surface area contributed by atoms with Gasteiger partial charge in [-0.05, 0) is 36.4 Å². The van der Waals surface area contributed by atoms with Crippen molar-refractivity contribution in [3.05, 3.63) is 59.4 Å². The fourth-order valence-corrected chi connectivity index (χ4v) is 1.89. The van der Waals surface area contributed by atoms with Crippen LogP contribution >= 0.6 is 11.6 Å². The number of nitrogens with one attached hydrogen (secondary N) is 1. The average Bonchev–Trinajstić information content (AvgIpc) is 2.47. The van der Waals surface area contributed by atoms with E-state index in [0.717, 1.165) is 24.3 Å². The lowest BCUT2D eigenvalue weighted by molar-refractivity contribution is -0.137. The molecular formula is C15H8ClF6NO2. The molecule has 2 rings (SSSR count). The minimum atomic E-state index is -4.55. The summed E-state index contributed by atoms with van der Waals surface area (Å²) in [6, 6.07) is 5.67. The Hall–Kier alpha value is -2.42. The highest BCUT2D eigenvalue weighted by Crippen LogP contribution is 2.30. The molecule has 0 aliphatic carbocycles. The summed E-state index contributed by atoms with van der Waals surface area (Å²) in [6.45, 7) is 0. The lowest BCUT2D eigenvalue weighted by Crippen LogP contribution is -2.16. The Morgan fingerprint density at radius 1 is 1.00 bits per heavy atom. The molecule has 0 atom stereocenters. The SMILES string of the molecule is O=C(Nc1ccc(OC(F)(F)Cl)cc1F)c1ccc(C(F)(F)F)cc1. The second kappa shape index (κ2) is 6.83. The number of carbonyl (C=O) groups excluding carboxylic acids is 1. The van der Waals surface area contributed by atoms with Gasteiger partial charge >= 0.3 is 11.7 Å². The molecule has 0 radical (unpaired) electrons. The monoisotopic (exact) mass is 383 g/mol. The number of benzene rings is 2. The van der Waals surface area contributed by atoms with Gasteiger partial charge in [-0.25, -0.2) is 4.39 Å². The maximum atomic E-state index is 13.8. The quantitative estimate of drug-likeness (QED) is 0.577. The van der Waals surface area contributed by atoms with Crippen molar-refractivity contribution >= 4 is 23.2 Å². The van der Waals surface area contributed by atoms with Gasteiger partial charge in [-0.2, -0.15) is 13.2 Å². The molecule has 0 bridgehead atoms. The zero-order chi connectivity index (χ0) is 18.8. The van der Waals surface area contributed by atoms with Gasteiger partial charge in [-0.15, -0.1) is 8.78 Å². The molecule has 0 aliphatic rings. The van der Waals surface area contributed by atoms with Crippen molar-refractivity contribution in [2.75, 3.05) is 5.32 Å². The number of hydrogen-bond donors (Lipinski definition) is 1. The molecule has 2 aromatic carbocycles. The summed E-state index contributed by atoms with van der Waals surface area (Å²) in [7, 11) is 0. The lowest BCUT2D eigenvalue weighted by atomic mass is 10.1. The van der Waals surface area contributed by atoms with E-state index >= 15 is 0 Å². The first kappa shape index (κ1) is 18.9. The molecule has 0 unspecified atom stereocenters. The molecule has 2 aromatic rings. The third kappa shape index (κ3) is 5.28. The van der Waals surface area contributed by atoms with Crippen molar-refractivity contribution < 1.29 is 35.9 Å². The average molecular weight is 384 g/mol. The number of ether oxygens (including phenoxy) is 1. The maximum absolute atomic E-state index is 13.8. The van der Waals surface area contributed by atoms with Crippen LogP contribution in [0.5, 0.6) is 5.75 Å². The molecule has 0 aliphatic heterocycles. The van der Waals surface area contributed by atoms with E-state index in [1.54, 1.807) is 0 Å². The van der Waals surface area contributed by atoms with Crippen LogP contribution in [0, 0.1) is 5.82 Å². The van der Waals surface area contributed by atoms with Crippen LogP contribution in [0.2, 0.25) is 0 Å². The minimum Gasteiger partial charge on any atom is -0.420 e. The van der Waals surface area contributed by atoms with Crippen molar-refractivity contribution in [3.8, 4) is 5.75 Å². The fraction of sp³-hybridized carbons (Fsp3) is 0.133. The molecular weight excluding hydrogens is 376 g/mol. The number of anilines is 1. The number of halogens is 7. The van der Waals surface area contributed by atoms with Crippen LogP contribution in [-0.4, -0.2) is 11.5 Å². The smallest absolute Gasteiger partial charge is 0.420 e. The van der Waals surface area contributed by atoms with Crippen LogP contribution in [0.3, 0.4) is 0 Å². The molecule has 3 nitrogen and oxygen atoms in total. The molecule has 0 heterocycles. The summed E-state index contributed by atoms with van der Waals surface area (Å²) in [5.74, 6) is -2.56. The maximum Gasteiger partial charge on any atom is 0.487 e. The molecule has 0 saturated heterocycles. The second-order valence-electron chi connectivity index (χ2n) is 4.72. The minimum absolute atomic E-state index is 0.153. The van der Waals surface area contributed by atoms with Gasteiger partial charge in [0.25, 0.3) is 5.91 Å². The van der Waals surface area contributed by atoms with E-state index in [1.165, 1.54) is 0 Å². The van der Waals surface area contributed by atoms with Crippen LogP contribution in [-0.2, 0) is 6.18 Å². The zero-order valence-electron chi connectivity index (χ0n) is 12.0. The number of hydrogen-bond acceptors (Lipinski definition) is 2. The fourth-order valence-electron chi connectivity index (χ4n) is 1.80. The van der Waals surface area contributed by atoms with Crippen LogP contribution in [0.4, 0.5) is 32.0 Å². The van der Waals surface area contributed by atoms with Crippen molar-refractivity contribution in [1.82, 2.24) is 0 Å². The Kier molecular flexibility index (Phi) is 5.17. The Balaban J connectivity index is 2.12. The molecule has 0 aromatic heterocycles. The summed E-state index contributed by atoms with van der Waals surface area (Å²) < 4.78 is 80.0. The van der Waals surface area contributed by atoms with Crippen molar-refractivity contribution in [3.63, 3.8) is 0 Å². The van der Waals surface area contributed by atoms with Crippen LogP contribution in [0.1, 0.15) is 15.9 Å². The molecule has 1 amide bonds. The Morgan fingerprint density at radius 3 is 2.08 bits per heavy atom. The molecule has 134 valence electrons. The Bertz CT molecular complexity index is 771.